The van der Waals surface area contributed by atoms with Gasteiger partial charge < -0.3 is 4.43 Å². The minimum atomic E-state index is -1.94. The number of carbonyl (C=O) groups excluding carboxylic acids is 1. The summed E-state index contributed by atoms with van der Waals surface area (Å²) < 4.78 is 6.47. The molecule has 2 nitrogen and oxygen atoms in total. The number of hydrogen-bond donors (Lipinski definition) is 0. The average Bonchev–Trinajstić information content (AvgIpc) is 2.43. The van der Waals surface area contributed by atoms with Gasteiger partial charge in [-0.2, -0.15) is 0 Å². The molecule has 0 saturated heterocycles. The molecule has 0 aliphatic heterocycles. The van der Waals surface area contributed by atoms with Gasteiger partial charge >= 0.3 is 0 Å². The number of allylic oxidation sites excluding steroid dienone is 5. The molecule has 0 fully saturated rings. The standard InChI is InChI=1S/C17H26O2Si/c1-17(2,3)20(4,5)19-16-14-10-7-6-9-13(15(16)18)11-8-12-14/h6-11,13-14,16H,12H2,1-5H3/b9-6-,10-7-/t13-,14+,16+/m0/s1. The van der Waals surface area contributed by atoms with E-state index in [1.807, 2.05) is 18.2 Å². The lowest BCUT2D eigenvalue weighted by Gasteiger charge is -2.40. The third kappa shape index (κ3) is 3.04. The molecule has 2 aliphatic carbocycles. The molecule has 0 aromatic rings. The maximum atomic E-state index is 12.7. The smallest absolute Gasteiger partial charge is 0.193 e. The summed E-state index contributed by atoms with van der Waals surface area (Å²) in [5, 5.41) is 0.122. The SMILES string of the molecule is CC(C)(C)[Si](C)(C)O[C@H]1C(=O)[C@@H]2C=CC[C@H]1/C=C\C=C/2. The number of hydrogen-bond acceptors (Lipinski definition) is 2. The van der Waals surface area contributed by atoms with Crippen molar-refractivity contribution >= 4 is 14.1 Å². The number of fused-ring (bicyclic) bond motifs is 3. The fourth-order valence-corrected chi connectivity index (χ4v) is 3.65. The van der Waals surface area contributed by atoms with Crippen molar-refractivity contribution in [2.75, 3.05) is 0 Å². The summed E-state index contributed by atoms with van der Waals surface area (Å²) >= 11 is 0. The second-order valence-corrected chi connectivity index (χ2v) is 12.1. The van der Waals surface area contributed by atoms with Gasteiger partial charge in [-0.05, 0) is 24.6 Å². The summed E-state index contributed by atoms with van der Waals surface area (Å²) in [6.45, 7) is 11.1. The van der Waals surface area contributed by atoms with E-state index < -0.39 is 8.32 Å². The number of carbonyl (C=O) groups is 1. The van der Waals surface area contributed by atoms with E-state index in [0.29, 0.717) is 0 Å². The van der Waals surface area contributed by atoms with Crippen LogP contribution in [0.15, 0.2) is 36.5 Å². The molecule has 0 unspecified atom stereocenters. The van der Waals surface area contributed by atoms with Gasteiger partial charge in [0.05, 0.1) is 5.92 Å². The van der Waals surface area contributed by atoms with Gasteiger partial charge in [0.1, 0.15) is 6.10 Å². The number of rotatable bonds is 2. The fourth-order valence-electron chi connectivity index (χ4n) is 2.37. The molecule has 0 spiro atoms. The van der Waals surface area contributed by atoms with Gasteiger partial charge in [-0.3, -0.25) is 4.79 Å². The van der Waals surface area contributed by atoms with Crippen molar-refractivity contribution in [2.45, 2.75) is 51.4 Å². The van der Waals surface area contributed by atoms with Crippen LogP contribution in [0.5, 0.6) is 0 Å². The first-order valence-corrected chi connectivity index (χ1v) is 10.4. The van der Waals surface area contributed by atoms with Crippen LogP contribution < -0.4 is 0 Å². The molecular formula is C17H26O2Si. The first-order valence-electron chi connectivity index (χ1n) is 7.45. The van der Waals surface area contributed by atoms with Crippen LogP contribution in [-0.2, 0) is 9.22 Å². The van der Waals surface area contributed by atoms with E-state index in [0.717, 1.165) is 6.42 Å². The van der Waals surface area contributed by atoms with E-state index in [1.54, 1.807) is 0 Å². The van der Waals surface area contributed by atoms with E-state index in [9.17, 15) is 4.79 Å². The topological polar surface area (TPSA) is 26.3 Å². The second-order valence-electron chi connectivity index (χ2n) is 7.32. The Bertz CT molecular complexity index is 466. The highest BCUT2D eigenvalue weighted by Gasteiger charge is 2.43. The molecule has 3 atom stereocenters. The normalized spacial score (nSPS) is 33.5. The molecular weight excluding hydrogens is 264 g/mol. The van der Waals surface area contributed by atoms with Crippen LogP contribution in [0.2, 0.25) is 18.1 Å². The molecule has 2 aliphatic rings. The molecule has 0 amide bonds. The molecule has 20 heavy (non-hydrogen) atoms. The Labute approximate surface area is 123 Å². The molecule has 3 heteroatoms. The van der Waals surface area contributed by atoms with Crippen molar-refractivity contribution in [1.82, 2.24) is 0 Å². The van der Waals surface area contributed by atoms with Gasteiger partial charge in [0.2, 0.25) is 0 Å². The average molecular weight is 290 g/mol. The Hall–Kier alpha value is -0.933. The zero-order valence-electron chi connectivity index (χ0n) is 13.2. The molecule has 0 radical (unpaired) electrons. The zero-order valence-corrected chi connectivity index (χ0v) is 14.2. The van der Waals surface area contributed by atoms with Gasteiger partial charge in [-0.25, -0.2) is 0 Å². The molecule has 2 rings (SSSR count). The van der Waals surface area contributed by atoms with Crippen LogP contribution in [0, 0.1) is 11.8 Å². The van der Waals surface area contributed by atoms with Gasteiger partial charge in [0.15, 0.2) is 14.1 Å². The summed E-state index contributed by atoms with van der Waals surface area (Å²) in [6, 6.07) is 0. The van der Waals surface area contributed by atoms with Crippen molar-refractivity contribution < 1.29 is 9.22 Å². The van der Waals surface area contributed by atoms with E-state index >= 15 is 0 Å². The van der Waals surface area contributed by atoms with Crippen molar-refractivity contribution in [3.05, 3.63) is 36.5 Å². The molecule has 2 bridgehead atoms. The molecule has 0 aromatic heterocycles. The van der Waals surface area contributed by atoms with Crippen molar-refractivity contribution in [3.8, 4) is 0 Å². The molecule has 110 valence electrons. The van der Waals surface area contributed by atoms with Crippen LogP contribution in [0.25, 0.3) is 0 Å². The monoisotopic (exact) mass is 290 g/mol. The second kappa shape index (κ2) is 5.45. The fraction of sp³-hybridized carbons (Fsp3) is 0.588. The predicted molar refractivity (Wildman–Crippen MR) is 86.1 cm³/mol. The summed E-state index contributed by atoms with van der Waals surface area (Å²) in [7, 11) is -1.94. The maximum absolute atomic E-state index is 12.7. The lowest BCUT2D eigenvalue weighted by molar-refractivity contribution is -0.129. The Morgan fingerprint density at radius 2 is 1.80 bits per heavy atom. The Balaban J connectivity index is 2.30. The van der Waals surface area contributed by atoms with Crippen LogP contribution in [0.3, 0.4) is 0 Å². The summed E-state index contributed by atoms with van der Waals surface area (Å²) in [6.07, 6.45) is 12.9. The Morgan fingerprint density at radius 3 is 2.45 bits per heavy atom. The zero-order chi connectivity index (χ0) is 15.0. The molecule has 0 N–H and O–H groups in total. The lowest BCUT2D eigenvalue weighted by Crippen LogP contribution is -2.48. The summed E-state index contributed by atoms with van der Waals surface area (Å²) in [4.78, 5) is 12.7. The molecule has 0 saturated carbocycles. The minimum Gasteiger partial charge on any atom is -0.406 e. The van der Waals surface area contributed by atoms with Gasteiger partial charge in [-0.15, -0.1) is 0 Å². The molecule has 0 heterocycles. The number of ketones is 1. The Kier molecular flexibility index (Phi) is 4.21. The predicted octanol–water partition coefficient (Wildman–Crippen LogP) is 4.26. The molecule has 0 aromatic carbocycles. The summed E-state index contributed by atoms with van der Waals surface area (Å²) in [5.41, 5.74) is 0. The third-order valence-corrected chi connectivity index (χ3v) is 9.22. The Morgan fingerprint density at radius 1 is 1.15 bits per heavy atom. The van der Waals surface area contributed by atoms with E-state index in [-0.39, 0.29) is 28.8 Å². The minimum absolute atomic E-state index is 0.122. The van der Waals surface area contributed by atoms with Gasteiger partial charge in [-0.1, -0.05) is 57.2 Å². The highest BCUT2D eigenvalue weighted by molar-refractivity contribution is 6.74. The van der Waals surface area contributed by atoms with E-state index in [4.69, 9.17) is 4.43 Å². The lowest BCUT2D eigenvalue weighted by atomic mass is 9.90. The van der Waals surface area contributed by atoms with Gasteiger partial charge in [0.25, 0.3) is 0 Å². The first kappa shape index (κ1) is 15.5. The van der Waals surface area contributed by atoms with Crippen molar-refractivity contribution in [1.29, 1.82) is 0 Å². The number of Topliss-reactive ketones (excluding diaryl/α,β-unsaturated/α-hetero) is 1. The van der Waals surface area contributed by atoms with E-state index in [2.05, 4.69) is 52.1 Å². The highest BCUT2D eigenvalue weighted by atomic mass is 28.4. The van der Waals surface area contributed by atoms with E-state index in [1.165, 1.54) is 0 Å². The van der Waals surface area contributed by atoms with Crippen LogP contribution in [-0.4, -0.2) is 20.2 Å². The van der Waals surface area contributed by atoms with Crippen LogP contribution >= 0.6 is 0 Å². The quantitative estimate of drug-likeness (QED) is 0.561. The van der Waals surface area contributed by atoms with Gasteiger partial charge in [0, 0.05) is 5.92 Å². The highest BCUT2D eigenvalue weighted by Crippen LogP contribution is 2.39. The van der Waals surface area contributed by atoms with Crippen LogP contribution in [0.1, 0.15) is 27.2 Å². The van der Waals surface area contributed by atoms with Crippen LogP contribution in [0.4, 0.5) is 0 Å². The first-order chi connectivity index (χ1) is 9.22. The van der Waals surface area contributed by atoms with Crippen molar-refractivity contribution in [2.24, 2.45) is 11.8 Å². The summed E-state index contributed by atoms with van der Waals surface area (Å²) in [5.74, 6) is 0.261. The van der Waals surface area contributed by atoms with Crippen molar-refractivity contribution in [3.63, 3.8) is 0 Å². The largest absolute Gasteiger partial charge is 0.406 e. The maximum Gasteiger partial charge on any atom is 0.193 e. The third-order valence-electron chi connectivity index (χ3n) is 4.77.